The Bertz CT molecular complexity index is 1130. The zero-order valence-electron chi connectivity index (χ0n) is 17.9. The lowest BCUT2D eigenvalue weighted by Gasteiger charge is -2.23. The van der Waals surface area contributed by atoms with Crippen molar-refractivity contribution < 1.29 is 12.8 Å². The monoisotopic (exact) mass is 463 g/mol. The van der Waals surface area contributed by atoms with Gasteiger partial charge in [-0.1, -0.05) is 12.1 Å². The molecular formula is C21H26FN5O2S2. The zero-order chi connectivity index (χ0) is 22.6. The number of rotatable bonds is 9. The number of nitrogens with one attached hydrogen (secondary N) is 2. The van der Waals surface area contributed by atoms with E-state index in [4.69, 9.17) is 0 Å². The maximum atomic E-state index is 14.5. The number of sulfonamides is 1. The number of benzene rings is 1. The minimum absolute atomic E-state index is 0.103. The predicted molar refractivity (Wildman–Crippen MR) is 122 cm³/mol. The van der Waals surface area contributed by atoms with Gasteiger partial charge >= 0.3 is 0 Å². The standard InChI is InChI=1S/C21H26FN5O2S2/c1-14(2)27(4)11-16-6-5-7-18(22)17(16)10-23-19-8-9-21(25-15(19)3)31(28,29)26-20-12-30-13-24-20/h5-9,12-14,23,26H,10-11H2,1-4H3. The van der Waals surface area contributed by atoms with Crippen molar-refractivity contribution in [2.45, 2.75) is 44.9 Å². The fourth-order valence-corrected chi connectivity index (χ4v) is 4.47. The van der Waals surface area contributed by atoms with Crippen LogP contribution in [-0.2, 0) is 23.1 Å². The van der Waals surface area contributed by atoms with Crippen LogP contribution in [-0.4, -0.2) is 36.4 Å². The van der Waals surface area contributed by atoms with Gasteiger partial charge in [-0.05, 0) is 51.6 Å². The Balaban J connectivity index is 1.76. The van der Waals surface area contributed by atoms with Gasteiger partial charge in [0.1, 0.15) is 5.82 Å². The Kier molecular flexibility index (Phi) is 7.24. The number of hydrogen-bond donors (Lipinski definition) is 2. The maximum absolute atomic E-state index is 14.5. The molecule has 0 saturated carbocycles. The number of anilines is 2. The highest BCUT2D eigenvalue weighted by Gasteiger charge is 2.18. The number of aromatic nitrogens is 2. The number of halogens is 1. The second-order valence-corrected chi connectivity index (χ2v) is 9.85. The summed E-state index contributed by atoms with van der Waals surface area (Å²) in [5.41, 5.74) is 4.16. The van der Waals surface area contributed by atoms with Gasteiger partial charge in [-0.2, -0.15) is 8.42 Å². The highest BCUT2D eigenvalue weighted by atomic mass is 32.2. The van der Waals surface area contributed by atoms with Gasteiger partial charge in [0.05, 0.1) is 16.9 Å². The molecule has 166 valence electrons. The lowest BCUT2D eigenvalue weighted by atomic mass is 10.1. The Morgan fingerprint density at radius 1 is 1.23 bits per heavy atom. The average molecular weight is 464 g/mol. The van der Waals surface area contributed by atoms with E-state index in [1.54, 1.807) is 29.9 Å². The fraction of sp³-hybridized carbons (Fsp3) is 0.333. The molecule has 0 aliphatic rings. The summed E-state index contributed by atoms with van der Waals surface area (Å²) < 4.78 is 41.9. The lowest BCUT2D eigenvalue weighted by molar-refractivity contribution is 0.264. The predicted octanol–water partition coefficient (Wildman–Crippen LogP) is 4.24. The Hall–Kier alpha value is -2.56. The molecule has 0 aliphatic heterocycles. The third-order valence-corrected chi connectivity index (χ3v) is 6.82. The van der Waals surface area contributed by atoms with E-state index >= 15 is 0 Å². The van der Waals surface area contributed by atoms with E-state index < -0.39 is 10.0 Å². The van der Waals surface area contributed by atoms with Gasteiger partial charge < -0.3 is 5.32 Å². The van der Waals surface area contributed by atoms with E-state index in [9.17, 15) is 12.8 Å². The molecule has 7 nitrogen and oxygen atoms in total. The van der Waals surface area contributed by atoms with Crippen LogP contribution >= 0.6 is 11.3 Å². The number of thiazole rings is 1. The fourth-order valence-electron chi connectivity index (χ4n) is 2.91. The van der Waals surface area contributed by atoms with Crippen LogP contribution in [0.2, 0.25) is 0 Å². The highest BCUT2D eigenvalue weighted by Crippen LogP contribution is 2.22. The summed E-state index contributed by atoms with van der Waals surface area (Å²) in [5.74, 6) is -0.0236. The van der Waals surface area contributed by atoms with Crippen LogP contribution < -0.4 is 10.0 Å². The maximum Gasteiger partial charge on any atom is 0.280 e. The Morgan fingerprint density at radius 3 is 2.65 bits per heavy atom. The van der Waals surface area contributed by atoms with Crippen molar-refractivity contribution >= 4 is 32.9 Å². The van der Waals surface area contributed by atoms with Gasteiger partial charge in [-0.3, -0.25) is 9.62 Å². The first-order valence-corrected chi connectivity index (χ1v) is 12.2. The topological polar surface area (TPSA) is 87.2 Å². The molecule has 2 aromatic heterocycles. The number of pyridine rings is 1. The van der Waals surface area contributed by atoms with Crippen molar-refractivity contribution in [2.75, 3.05) is 17.1 Å². The smallest absolute Gasteiger partial charge is 0.280 e. The van der Waals surface area contributed by atoms with Gasteiger partial charge in [0, 0.05) is 30.1 Å². The highest BCUT2D eigenvalue weighted by molar-refractivity contribution is 7.92. The zero-order valence-corrected chi connectivity index (χ0v) is 19.5. The minimum atomic E-state index is -3.83. The molecule has 1 aromatic carbocycles. The Morgan fingerprint density at radius 2 is 2.00 bits per heavy atom. The summed E-state index contributed by atoms with van der Waals surface area (Å²) in [5, 5.41) is 4.69. The molecule has 0 spiro atoms. The van der Waals surface area contributed by atoms with Crippen LogP contribution in [0, 0.1) is 12.7 Å². The van der Waals surface area contributed by atoms with Gasteiger partial charge in [-0.15, -0.1) is 11.3 Å². The summed E-state index contributed by atoms with van der Waals surface area (Å²) in [7, 11) is -1.84. The van der Waals surface area contributed by atoms with Gasteiger partial charge in [0.2, 0.25) is 0 Å². The van der Waals surface area contributed by atoms with Crippen LogP contribution in [0.15, 0.2) is 46.2 Å². The Labute approximate surface area is 186 Å². The minimum Gasteiger partial charge on any atom is -0.379 e. The van der Waals surface area contributed by atoms with Crippen molar-refractivity contribution in [3.8, 4) is 0 Å². The first kappa shape index (κ1) is 23.1. The molecule has 0 aliphatic carbocycles. The summed E-state index contributed by atoms with van der Waals surface area (Å²) in [4.78, 5) is 10.3. The van der Waals surface area contributed by atoms with Crippen molar-refractivity contribution in [3.05, 3.63) is 63.9 Å². The normalized spacial score (nSPS) is 11.8. The molecule has 0 radical (unpaired) electrons. The summed E-state index contributed by atoms with van der Waals surface area (Å²) in [6.07, 6.45) is 0. The van der Waals surface area contributed by atoms with Gasteiger partial charge in [-0.25, -0.2) is 14.4 Å². The third-order valence-electron chi connectivity index (χ3n) is 4.98. The summed E-state index contributed by atoms with van der Waals surface area (Å²) >= 11 is 1.29. The molecule has 0 amide bonds. The summed E-state index contributed by atoms with van der Waals surface area (Å²) in [6.45, 7) is 6.78. The third kappa shape index (κ3) is 5.78. The van der Waals surface area contributed by atoms with E-state index in [1.807, 2.05) is 13.1 Å². The van der Waals surface area contributed by atoms with Crippen LogP contribution in [0.1, 0.15) is 30.7 Å². The van der Waals surface area contributed by atoms with Gasteiger partial charge in [0.15, 0.2) is 10.8 Å². The van der Waals surface area contributed by atoms with Gasteiger partial charge in [0.25, 0.3) is 10.0 Å². The SMILES string of the molecule is Cc1nc(S(=O)(=O)Nc2cscn2)ccc1NCc1c(F)cccc1CN(C)C(C)C. The molecule has 3 rings (SSSR count). The molecule has 0 unspecified atom stereocenters. The molecule has 31 heavy (non-hydrogen) atoms. The van der Waals surface area contributed by atoms with Crippen molar-refractivity contribution in [1.29, 1.82) is 0 Å². The van der Waals surface area contributed by atoms with Crippen molar-refractivity contribution in [2.24, 2.45) is 0 Å². The molecule has 0 saturated heterocycles. The van der Waals surface area contributed by atoms with Crippen molar-refractivity contribution in [3.63, 3.8) is 0 Å². The first-order chi connectivity index (χ1) is 14.7. The average Bonchev–Trinajstić information content (AvgIpc) is 3.20. The van der Waals surface area contributed by atoms with Crippen LogP contribution in [0.3, 0.4) is 0 Å². The molecule has 0 bridgehead atoms. The molecule has 2 N–H and O–H groups in total. The molecule has 0 atom stereocenters. The van der Waals surface area contributed by atoms with Crippen molar-refractivity contribution in [1.82, 2.24) is 14.9 Å². The van der Waals surface area contributed by atoms with E-state index in [2.05, 4.69) is 38.8 Å². The number of nitrogens with zero attached hydrogens (tertiary/aromatic N) is 3. The van der Waals surface area contributed by atoms with Crippen LogP contribution in [0.25, 0.3) is 0 Å². The van der Waals surface area contributed by atoms with E-state index in [0.29, 0.717) is 29.5 Å². The lowest BCUT2D eigenvalue weighted by Crippen LogP contribution is -2.26. The van der Waals surface area contributed by atoms with E-state index in [-0.39, 0.29) is 23.2 Å². The number of aryl methyl sites for hydroxylation is 1. The van der Waals surface area contributed by atoms with Crippen LogP contribution in [0.5, 0.6) is 0 Å². The largest absolute Gasteiger partial charge is 0.379 e. The first-order valence-electron chi connectivity index (χ1n) is 9.76. The second kappa shape index (κ2) is 9.71. The molecule has 10 heteroatoms. The molecule has 3 aromatic rings. The quantitative estimate of drug-likeness (QED) is 0.494. The summed E-state index contributed by atoms with van der Waals surface area (Å²) in [6, 6.07) is 8.47. The molecular weight excluding hydrogens is 437 g/mol. The van der Waals surface area contributed by atoms with E-state index in [1.165, 1.54) is 23.5 Å². The second-order valence-electron chi connectivity index (χ2n) is 7.50. The molecule has 2 heterocycles. The van der Waals surface area contributed by atoms with Crippen LogP contribution in [0.4, 0.5) is 15.9 Å². The molecule has 0 fully saturated rings. The number of hydrogen-bond acceptors (Lipinski definition) is 7. The van der Waals surface area contributed by atoms with E-state index in [0.717, 1.165) is 5.56 Å².